The minimum Gasteiger partial charge on any atom is -0.492 e. The van der Waals surface area contributed by atoms with Crippen molar-refractivity contribution in [1.82, 2.24) is 9.97 Å². The molecular weight excluding hydrogens is 316 g/mol. The summed E-state index contributed by atoms with van der Waals surface area (Å²) in [7, 11) is 0. The molecule has 0 atom stereocenters. The topological polar surface area (TPSA) is 119 Å². The second-order valence-corrected chi connectivity index (χ2v) is 4.62. The summed E-state index contributed by atoms with van der Waals surface area (Å²) in [6.45, 7) is 3.84. The van der Waals surface area contributed by atoms with Crippen molar-refractivity contribution < 1.29 is 24.2 Å². The maximum absolute atomic E-state index is 12.5. The number of ether oxygens (including phenoxy) is 2. The summed E-state index contributed by atoms with van der Waals surface area (Å²) < 4.78 is 10.2. The van der Waals surface area contributed by atoms with Crippen LogP contribution >= 0.6 is 0 Å². The van der Waals surface area contributed by atoms with Crippen LogP contribution in [0.3, 0.4) is 0 Å². The first-order valence-corrected chi connectivity index (χ1v) is 7.25. The fourth-order valence-electron chi connectivity index (χ4n) is 2.04. The molecule has 0 bridgehead atoms. The van der Waals surface area contributed by atoms with Gasteiger partial charge in [0.2, 0.25) is 5.43 Å². The molecule has 8 nitrogen and oxygen atoms in total. The molecule has 0 aliphatic carbocycles. The number of aromatic nitrogens is 2. The summed E-state index contributed by atoms with van der Waals surface area (Å²) in [5.41, 5.74) is -0.209. The van der Waals surface area contributed by atoms with E-state index in [1.54, 1.807) is 13.8 Å². The van der Waals surface area contributed by atoms with Gasteiger partial charge in [-0.2, -0.15) is 0 Å². The normalized spacial score (nSPS) is 10.9. The van der Waals surface area contributed by atoms with Gasteiger partial charge in [0.1, 0.15) is 22.7 Å². The maximum atomic E-state index is 12.5. The Bertz CT molecular complexity index is 869. The number of carboxylic acids is 1. The number of carbonyl (C=O) groups is 2. The highest BCUT2D eigenvalue weighted by Gasteiger charge is 2.16. The van der Waals surface area contributed by atoms with E-state index in [9.17, 15) is 14.4 Å². The minimum atomic E-state index is -1.13. The molecule has 0 fully saturated rings. The Hall–Kier alpha value is -3.16. The van der Waals surface area contributed by atoms with Gasteiger partial charge in [-0.05, 0) is 26.0 Å². The number of nitrogens with one attached hydrogen (secondary N) is 1. The summed E-state index contributed by atoms with van der Waals surface area (Å²) in [6.07, 6.45) is 3.41. The lowest BCUT2D eigenvalue weighted by Crippen LogP contribution is -2.18. The summed E-state index contributed by atoms with van der Waals surface area (Å²) in [5.74, 6) is -1.62. The highest BCUT2D eigenvalue weighted by Crippen LogP contribution is 2.22. The van der Waals surface area contributed by atoms with Crippen LogP contribution in [-0.4, -0.2) is 40.2 Å². The molecule has 2 heterocycles. The van der Waals surface area contributed by atoms with E-state index in [4.69, 9.17) is 14.6 Å². The van der Waals surface area contributed by atoms with Crippen LogP contribution in [0.4, 0.5) is 0 Å². The van der Waals surface area contributed by atoms with Gasteiger partial charge in [0.25, 0.3) is 0 Å². The molecule has 126 valence electrons. The fourth-order valence-corrected chi connectivity index (χ4v) is 2.04. The molecule has 0 aliphatic rings. The van der Waals surface area contributed by atoms with Gasteiger partial charge >= 0.3 is 11.9 Å². The van der Waals surface area contributed by atoms with Crippen LogP contribution in [0.1, 0.15) is 29.9 Å². The number of carboxylic acid groups (broad SMARTS) is 1. The molecule has 0 amide bonds. The molecule has 2 aromatic rings. The van der Waals surface area contributed by atoms with E-state index >= 15 is 0 Å². The van der Waals surface area contributed by atoms with Crippen LogP contribution in [0.2, 0.25) is 0 Å². The average molecular weight is 332 g/mol. The summed E-state index contributed by atoms with van der Waals surface area (Å²) in [5, 5.41) is 8.89. The quantitative estimate of drug-likeness (QED) is 0.609. The molecule has 0 saturated carbocycles. The first-order valence-electron chi connectivity index (χ1n) is 7.25. The van der Waals surface area contributed by atoms with Crippen LogP contribution < -0.4 is 10.2 Å². The molecular formula is C16H16N2O6. The number of aliphatic carboxylic acids is 1. The number of pyridine rings is 2. The highest BCUT2D eigenvalue weighted by atomic mass is 16.5. The van der Waals surface area contributed by atoms with Crippen LogP contribution in [-0.2, 0) is 9.53 Å². The standard InChI is InChI=1S/C16H16N2O6/c1-3-23-12-7-9-14(21)10(16(22)24-4-2)8-17-15(9)18-11(12)5-6-13(19)20/h5-8H,3-4H2,1-2H3,(H,19,20)(H,17,18,21)/b6-5+. The van der Waals surface area contributed by atoms with Gasteiger partial charge in [-0.15, -0.1) is 0 Å². The summed E-state index contributed by atoms with van der Waals surface area (Å²) in [6, 6.07) is 1.43. The maximum Gasteiger partial charge on any atom is 0.343 e. The second kappa shape index (κ2) is 7.40. The number of rotatable bonds is 6. The second-order valence-electron chi connectivity index (χ2n) is 4.62. The van der Waals surface area contributed by atoms with Crippen LogP contribution in [0, 0.1) is 0 Å². The molecule has 0 unspecified atom stereocenters. The average Bonchev–Trinajstić information content (AvgIpc) is 2.54. The number of fused-ring (bicyclic) bond motifs is 1. The third kappa shape index (κ3) is 3.60. The third-order valence-electron chi connectivity index (χ3n) is 3.04. The van der Waals surface area contributed by atoms with Crippen LogP contribution in [0.15, 0.2) is 23.1 Å². The minimum absolute atomic E-state index is 0.137. The zero-order chi connectivity index (χ0) is 17.7. The summed E-state index contributed by atoms with van der Waals surface area (Å²) in [4.78, 5) is 41.9. The van der Waals surface area contributed by atoms with Crippen LogP contribution in [0.5, 0.6) is 5.75 Å². The van der Waals surface area contributed by atoms with Crippen molar-refractivity contribution in [3.05, 3.63) is 39.8 Å². The number of nitrogens with zero attached hydrogens (tertiary/aromatic N) is 1. The first kappa shape index (κ1) is 17.2. The Kier molecular flexibility index (Phi) is 5.31. The lowest BCUT2D eigenvalue weighted by molar-refractivity contribution is -0.131. The number of esters is 1. The third-order valence-corrected chi connectivity index (χ3v) is 3.04. The highest BCUT2D eigenvalue weighted by molar-refractivity contribution is 5.93. The molecule has 2 rings (SSSR count). The van der Waals surface area contributed by atoms with E-state index in [0.717, 1.165) is 6.08 Å². The molecule has 0 aliphatic heterocycles. The molecule has 2 aromatic heterocycles. The fraction of sp³-hybridized carbons (Fsp3) is 0.250. The lowest BCUT2D eigenvalue weighted by Gasteiger charge is -2.09. The Labute approximate surface area is 136 Å². The molecule has 24 heavy (non-hydrogen) atoms. The van der Waals surface area contributed by atoms with Gasteiger partial charge in [0, 0.05) is 12.3 Å². The van der Waals surface area contributed by atoms with Gasteiger partial charge in [-0.3, -0.25) is 4.79 Å². The van der Waals surface area contributed by atoms with E-state index in [-0.39, 0.29) is 34.6 Å². The molecule has 0 saturated heterocycles. The van der Waals surface area contributed by atoms with Crippen molar-refractivity contribution in [2.24, 2.45) is 0 Å². The zero-order valence-electron chi connectivity index (χ0n) is 13.2. The molecule has 0 spiro atoms. The number of hydrogen-bond donors (Lipinski definition) is 2. The van der Waals surface area contributed by atoms with Gasteiger partial charge < -0.3 is 19.6 Å². The van der Waals surface area contributed by atoms with E-state index in [2.05, 4.69) is 9.97 Å². The van der Waals surface area contributed by atoms with Crippen molar-refractivity contribution in [2.45, 2.75) is 13.8 Å². The van der Waals surface area contributed by atoms with E-state index in [1.165, 1.54) is 18.3 Å². The molecule has 0 radical (unpaired) electrons. The Morgan fingerprint density at radius 3 is 2.71 bits per heavy atom. The van der Waals surface area contributed by atoms with Crippen molar-refractivity contribution in [2.75, 3.05) is 13.2 Å². The number of carbonyl (C=O) groups excluding carboxylic acids is 1. The van der Waals surface area contributed by atoms with Crippen molar-refractivity contribution in [1.29, 1.82) is 0 Å². The zero-order valence-corrected chi connectivity index (χ0v) is 13.2. The van der Waals surface area contributed by atoms with E-state index in [0.29, 0.717) is 6.61 Å². The van der Waals surface area contributed by atoms with Crippen molar-refractivity contribution in [3.63, 3.8) is 0 Å². The van der Waals surface area contributed by atoms with Gasteiger partial charge in [0.15, 0.2) is 0 Å². The number of hydrogen-bond acceptors (Lipinski definition) is 6. The van der Waals surface area contributed by atoms with E-state index < -0.39 is 17.4 Å². The SMILES string of the molecule is CCOC(=O)c1c[nH]c2nc(/C=C/C(=O)O)c(OCC)cc2c1=O. The summed E-state index contributed by atoms with van der Waals surface area (Å²) >= 11 is 0. The lowest BCUT2D eigenvalue weighted by atomic mass is 10.1. The van der Waals surface area contributed by atoms with Crippen LogP contribution in [0.25, 0.3) is 17.1 Å². The monoisotopic (exact) mass is 332 g/mol. The number of aromatic amines is 1. The largest absolute Gasteiger partial charge is 0.492 e. The molecule has 0 aromatic carbocycles. The Morgan fingerprint density at radius 1 is 1.33 bits per heavy atom. The Balaban J connectivity index is 2.63. The number of H-pyrrole nitrogens is 1. The van der Waals surface area contributed by atoms with Crippen molar-refractivity contribution >= 4 is 29.0 Å². The molecule has 8 heteroatoms. The van der Waals surface area contributed by atoms with Gasteiger partial charge in [-0.1, -0.05) is 0 Å². The van der Waals surface area contributed by atoms with E-state index in [1.807, 2.05) is 0 Å². The smallest absolute Gasteiger partial charge is 0.343 e. The predicted molar refractivity (Wildman–Crippen MR) is 86.2 cm³/mol. The predicted octanol–water partition coefficient (Wildman–Crippen LogP) is 1.60. The van der Waals surface area contributed by atoms with Gasteiger partial charge in [-0.25, -0.2) is 14.6 Å². The molecule has 2 N–H and O–H groups in total. The van der Waals surface area contributed by atoms with Crippen molar-refractivity contribution in [3.8, 4) is 5.75 Å². The van der Waals surface area contributed by atoms with Gasteiger partial charge in [0.05, 0.1) is 18.6 Å². The Morgan fingerprint density at radius 2 is 2.08 bits per heavy atom. The first-order chi connectivity index (χ1) is 11.5.